The summed E-state index contributed by atoms with van der Waals surface area (Å²) in [5, 5.41) is 3.74. The van der Waals surface area contributed by atoms with Crippen molar-refractivity contribution in [1.82, 2.24) is 5.32 Å². The van der Waals surface area contributed by atoms with Gasteiger partial charge in [-0.15, -0.1) is 0 Å². The monoisotopic (exact) mass is 269 g/mol. The maximum Gasteiger partial charge on any atom is 0.0639 e. The minimum Gasteiger partial charge on any atom is -0.381 e. The third-order valence-electron chi connectivity index (χ3n) is 4.68. The molecule has 2 rings (SSSR count). The lowest BCUT2D eigenvalue weighted by Gasteiger charge is -2.27. The van der Waals surface area contributed by atoms with Crippen molar-refractivity contribution in [2.75, 3.05) is 26.4 Å². The lowest BCUT2D eigenvalue weighted by Crippen LogP contribution is -2.37. The van der Waals surface area contributed by atoms with Gasteiger partial charge in [0, 0.05) is 32.4 Å². The molecule has 3 heteroatoms. The zero-order valence-electron chi connectivity index (χ0n) is 12.9. The maximum absolute atomic E-state index is 5.85. The van der Waals surface area contributed by atoms with Crippen molar-refractivity contribution in [2.24, 2.45) is 17.8 Å². The Hall–Kier alpha value is -0.120. The number of rotatable bonds is 6. The lowest BCUT2D eigenvalue weighted by molar-refractivity contribution is 0.0513. The molecule has 0 aromatic rings. The fourth-order valence-corrected chi connectivity index (χ4v) is 3.53. The summed E-state index contributed by atoms with van der Waals surface area (Å²) in [5.41, 5.74) is 0. The average molecular weight is 269 g/mol. The van der Waals surface area contributed by atoms with E-state index in [0.29, 0.717) is 24.0 Å². The Morgan fingerprint density at radius 1 is 1.05 bits per heavy atom. The van der Waals surface area contributed by atoms with Crippen LogP contribution in [0.1, 0.15) is 46.5 Å². The SMILES string of the molecule is CC(C)[C@H]1OCC[C@@H]1CN[C@@H](C)CC1CCOCC1. The molecular formula is C16H31NO2. The van der Waals surface area contributed by atoms with E-state index >= 15 is 0 Å². The van der Waals surface area contributed by atoms with Gasteiger partial charge in [-0.2, -0.15) is 0 Å². The molecular weight excluding hydrogens is 238 g/mol. The topological polar surface area (TPSA) is 30.5 Å². The van der Waals surface area contributed by atoms with Gasteiger partial charge in [0.15, 0.2) is 0 Å². The molecule has 2 fully saturated rings. The van der Waals surface area contributed by atoms with Gasteiger partial charge in [-0.1, -0.05) is 13.8 Å². The van der Waals surface area contributed by atoms with E-state index in [1.807, 2.05) is 0 Å². The van der Waals surface area contributed by atoms with Crippen LogP contribution in [0.3, 0.4) is 0 Å². The van der Waals surface area contributed by atoms with Crippen LogP contribution in [0.15, 0.2) is 0 Å². The third-order valence-corrected chi connectivity index (χ3v) is 4.68. The van der Waals surface area contributed by atoms with Crippen molar-refractivity contribution in [1.29, 1.82) is 0 Å². The van der Waals surface area contributed by atoms with Gasteiger partial charge in [0.05, 0.1) is 6.10 Å². The van der Waals surface area contributed by atoms with Crippen LogP contribution in [0.5, 0.6) is 0 Å². The summed E-state index contributed by atoms with van der Waals surface area (Å²) in [6.07, 6.45) is 5.46. The smallest absolute Gasteiger partial charge is 0.0639 e. The summed E-state index contributed by atoms with van der Waals surface area (Å²) in [5.74, 6) is 2.20. The van der Waals surface area contributed by atoms with Gasteiger partial charge in [-0.25, -0.2) is 0 Å². The van der Waals surface area contributed by atoms with Crippen LogP contribution in [0.2, 0.25) is 0 Å². The average Bonchev–Trinajstić information content (AvgIpc) is 2.86. The molecule has 3 nitrogen and oxygen atoms in total. The highest BCUT2D eigenvalue weighted by molar-refractivity contribution is 4.81. The summed E-state index contributed by atoms with van der Waals surface area (Å²) >= 11 is 0. The lowest BCUT2D eigenvalue weighted by atomic mass is 9.91. The number of nitrogens with one attached hydrogen (secondary N) is 1. The molecule has 19 heavy (non-hydrogen) atoms. The van der Waals surface area contributed by atoms with E-state index in [2.05, 4.69) is 26.1 Å². The van der Waals surface area contributed by atoms with Gasteiger partial charge in [0.2, 0.25) is 0 Å². The molecule has 1 N–H and O–H groups in total. The highest BCUT2D eigenvalue weighted by Gasteiger charge is 2.30. The summed E-state index contributed by atoms with van der Waals surface area (Å²) in [7, 11) is 0. The van der Waals surface area contributed by atoms with E-state index in [1.54, 1.807) is 0 Å². The Kier molecular flexibility index (Phi) is 6.11. The first-order valence-electron chi connectivity index (χ1n) is 8.09. The summed E-state index contributed by atoms with van der Waals surface area (Å²) < 4.78 is 11.3. The fourth-order valence-electron chi connectivity index (χ4n) is 3.53. The second-order valence-corrected chi connectivity index (χ2v) is 6.73. The molecule has 2 heterocycles. The van der Waals surface area contributed by atoms with Crippen molar-refractivity contribution in [3.8, 4) is 0 Å². The molecule has 0 radical (unpaired) electrons. The quantitative estimate of drug-likeness (QED) is 0.804. The summed E-state index contributed by atoms with van der Waals surface area (Å²) in [6, 6.07) is 0.622. The Labute approximate surface area is 118 Å². The second kappa shape index (κ2) is 7.61. The molecule has 0 aromatic heterocycles. The van der Waals surface area contributed by atoms with Gasteiger partial charge in [0.25, 0.3) is 0 Å². The highest BCUT2D eigenvalue weighted by atomic mass is 16.5. The van der Waals surface area contributed by atoms with Crippen LogP contribution in [0.4, 0.5) is 0 Å². The standard InChI is InChI=1S/C16H31NO2/c1-12(2)16-15(6-9-19-16)11-17-13(3)10-14-4-7-18-8-5-14/h12-17H,4-11H2,1-3H3/t13-,15+,16+/m0/s1. The molecule has 2 aliphatic heterocycles. The normalized spacial score (nSPS) is 30.9. The third kappa shape index (κ3) is 4.73. The van der Waals surface area contributed by atoms with Crippen molar-refractivity contribution in [3.63, 3.8) is 0 Å². The van der Waals surface area contributed by atoms with E-state index in [4.69, 9.17) is 9.47 Å². The van der Waals surface area contributed by atoms with Crippen molar-refractivity contribution >= 4 is 0 Å². The van der Waals surface area contributed by atoms with E-state index in [-0.39, 0.29) is 0 Å². The largest absolute Gasteiger partial charge is 0.381 e. The van der Waals surface area contributed by atoms with E-state index < -0.39 is 0 Å². The first-order valence-corrected chi connectivity index (χ1v) is 8.09. The Morgan fingerprint density at radius 3 is 2.47 bits per heavy atom. The van der Waals surface area contributed by atoms with Crippen LogP contribution in [-0.2, 0) is 9.47 Å². The molecule has 0 aromatic carbocycles. The van der Waals surface area contributed by atoms with Crippen LogP contribution in [0.25, 0.3) is 0 Å². The van der Waals surface area contributed by atoms with Crippen LogP contribution >= 0.6 is 0 Å². The minimum atomic E-state index is 0.461. The Morgan fingerprint density at radius 2 is 1.79 bits per heavy atom. The van der Waals surface area contributed by atoms with Crippen LogP contribution in [0, 0.1) is 17.8 Å². The van der Waals surface area contributed by atoms with Gasteiger partial charge >= 0.3 is 0 Å². The molecule has 2 aliphatic rings. The maximum atomic E-state index is 5.85. The zero-order valence-corrected chi connectivity index (χ0v) is 12.9. The molecule has 0 aliphatic carbocycles. The van der Waals surface area contributed by atoms with Gasteiger partial charge in [0.1, 0.15) is 0 Å². The second-order valence-electron chi connectivity index (χ2n) is 6.73. The van der Waals surface area contributed by atoms with Crippen molar-refractivity contribution in [2.45, 2.75) is 58.6 Å². The summed E-state index contributed by atoms with van der Waals surface area (Å²) in [4.78, 5) is 0. The zero-order chi connectivity index (χ0) is 13.7. The van der Waals surface area contributed by atoms with Crippen molar-refractivity contribution in [3.05, 3.63) is 0 Å². The van der Waals surface area contributed by atoms with E-state index in [1.165, 1.54) is 25.7 Å². The minimum absolute atomic E-state index is 0.461. The van der Waals surface area contributed by atoms with Crippen LogP contribution in [-0.4, -0.2) is 38.5 Å². The molecule has 3 atom stereocenters. The van der Waals surface area contributed by atoms with Gasteiger partial charge in [-0.3, -0.25) is 0 Å². The van der Waals surface area contributed by atoms with Crippen LogP contribution < -0.4 is 5.32 Å². The van der Waals surface area contributed by atoms with E-state index in [9.17, 15) is 0 Å². The summed E-state index contributed by atoms with van der Waals surface area (Å²) in [6.45, 7) is 10.9. The number of ether oxygens (including phenoxy) is 2. The Bertz CT molecular complexity index is 251. The molecule has 2 saturated heterocycles. The first-order chi connectivity index (χ1) is 9.16. The Balaban J connectivity index is 1.66. The first kappa shape index (κ1) is 15.3. The fraction of sp³-hybridized carbons (Fsp3) is 1.00. The molecule has 0 bridgehead atoms. The predicted octanol–water partition coefficient (Wildman–Crippen LogP) is 2.84. The number of hydrogen-bond donors (Lipinski definition) is 1. The number of hydrogen-bond acceptors (Lipinski definition) is 3. The van der Waals surface area contributed by atoms with E-state index in [0.717, 1.165) is 32.3 Å². The molecule has 0 amide bonds. The highest BCUT2D eigenvalue weighted by Crippen LogP contribution is 2.26. The van der Waals surface area contributed by atoms with Gasteiger partial charge < -0.3 is 14.8 Å². The molecule has 0 spiro atoms. The molecule has 0 saturated carbocycles. The van der Waals surface area contributed by atoms with Gasteiger partial charge in [-0.05, 0) is 50.4 Å². The van der Waals surface area contributed by atoms with Crippen molar-refractivity contribution < 1.29 is 9.47 Å². The molecule has 0 unspecified atom stereocenters. The molecule has 112 valence electrons. The predicted molar refractivity (Wildman–Crippen MR) is 78.3 cm³/mol.